The quantitative estimate of drug-likeness (QED) is 0.777. The summed E-state index contributed by atoms with van der Waals surface area (Å²) in [4.78, 5) is 27.3. The van der Waals surface area contributed by atoms with Crippen molar-refractivity contribution in [3.63, 3.8) is 0 Å². The molecule has 0 fully saturated rings. The Labute approximate surface area is 126 Å². The van der Waals surface area contributed by atoms with Gasteiger partial charge in [-0.1, -0.05) is 30.3 Å². The van der Waals surface area contributed by atoms with Crippen molar-refractivity contribution < 1.29 is 14.7 Å². The number of carbonyl (C=O) groups is 2. The maximum absolute atomic E-state index is 12.3. The molecule has 0 saturated heterocycles. The second kappa shape index (κ2) is 5.65. The Morgan fingerprint density at radius 1 is 0.955 bits per heavy atom. The number of nitrogens with one attached hydrogen (secondary N) is 1. The van der Waals surface area contributed by atoms with Crippen molar-refractivity contribution in [3.05, 3.63) is 71.9 Å². The minimum Gasteiger partial charge on any atom is -0.478 e. The van der Waals surface area contributed by atoms with Crippen molar-refractivity contribution in [2.75, 3.05) is 5.32 Å². The van der Waals surface area contributed by atoms with Gasteiger partial charge in [0.2, 0.25) is 0 Å². The SMILES string of the molecule is O=C(Nc1ncccc1C(=O)O)c1ccc2ccccc2c1. The highest BCUT2D eigenvalue weighted by atomic mass is 16.4. The van der Waals surface area contributed by atoms with Gasteiger partial charge in [-0.3, -0.25) is 4.79 Å². The van der Waals surface area contributed by atoms with Crippen LogP contribution in [0.1, 0.15) is 20.7 Å². The highest BCUT2D eigenvalue weighted by Gasteiger charge is 2.14. The van der Waals surface area contributed by atoms with E-state index in [2.05, 4.69) is 10.3 Å². The van der Waals surface area contributed by atoms with Crippen molar-refractivity contribution in [1.29, 1.82) is 0 Å². The Bertz CT molecular complexity index is 874. The van der Waals surface area contributed by atoms with E-state index in [1.165, 1.54) is 18.3 Å². The second-order valence-electron chi connectivity index (χ2n) is 4.72. The van der Waals surface area contributed by atoms with Gasteiger partial charge in [0.25, 0.3) is 5.91 Å². The van der Waals surface area contributed by atoms with E-state index >= 15 is 0 Å². The molecule has 0 saturated carbocycles. The Kier molecular flexibility index (Phi) is 3.53. The summed E-state index contributed by atoms with van der Waals surface area (Å²) < 4.78 is 0. The number of hydrogen-bond donors (Lipinski definition) is 2. The molecule has 3 rings (SSSR count). The van der Waals surface area contributed by atoms with Crippen LogP contribution in [0.15, 0.2) is 60.8 Å². The van der Waals surface area contributed by atoms with E-state index < -0.39 is 11.9 Å². The van der Waals surface area contributed by atoms with Gasteiger partial charge < -0.3 is 10.4 Å². The van der Waals surface area contributed by atoms with Crippen LogP contribution in [-0.2, 0) is 0 Å². The number of amides is 1. The lowest BCUT2D eigenvalue weighted by molar-refractivity contribution is 0.0697. The number of hydrogen-bond acceptors (Lipinski definition) is 3. The molecule has 0 atom stereocenters. The van der Waals surface area contributed by atoms with E-state index in [0.717, 1.165) is 10.8 Å². The number of aromatic carboxylic acids is 1. The summed E-state index contributed by atoms with van der Waals surface area (Å²) in [5.41, 5.74) is 0.400. The molecule has 3 aromatic rings. The fraction of sp³-hybridized carbons (Fsp3) is 0. The minimum absolute atomic E-state index is 0.0353. The van der Waals surface area contributed by atoms with Crippen molar-refractivity contribution in [2.24, 2.45) is 0 Å². The summed E-state index contributed by atoms with van der Waals surface area (Å²) in [5, 5.41) is 13.6. The van der Waals surface area contributed by atoms with Gasteiger partial charge in [0, 0.05) is 11.8 Å². The zero-order valence-corrected chi connectivity index (χ0v) is 11.5. The Balaban J connectivity index is 1.92. The summed E-state index contributed by atoms with van der Waals surface area (Å²) in [6.07, 6.45) is 1.43. The summed E-state index contributed by atoms with van der Waals surface area (Å²) in [7, 11) is 0. The van der Waals surface area contributed by atoms with Crippen LogP contribution in [0, 0.1) is 0 Å². The molecule has 0 spiro atoms. The number of anilines is 1. The molecule has 1 amide bonds. The van der Waals surface area contributed by atoms with Gasteiger partial charge in [-0.2, -0.15) is 0 Å². The summed E-state index contributed by atoms with van der Waals surface area (Å²) >= 11 is 0. The third-order valence-electron chi connectivity index (χ3n) is 3.28. The van der Waals surface area contributed by atoms with Crippen LogP contribution in [0.4, 0.5) is 5.82 Å². The van der Waals surface area contributed by atoms with Gasteiger partial charge in [0.05, 0.1) is 0 Å². The smallest absolute Gasteiger partial charge is 0.339 e. The Morgan fingerprint density at radius 3 is 2.50 bits per heavy atom. The van der Waals surface area contributed by atoms with Crippen molar-refractivity contribution in [2.45, 2.75) is 0 Å². The number of fused-ring (bicyclic) bond motifs is 1. The van der Waals surface area contributed by atoms with Crippen molar-refractivity contribution in [1.82, 2.24) is 4.98 Å². The largest absolute Gasteiger partial charge is 0.478 e. The summed E-state index contributed by atoms with van der Waals surface area (Å²) in [5.74, 6) is -1.50. The first kappa shape index (κ1) is 13.8. The van der Waals surface area contributed by atoms with Crippen LogP contribution in [0.5, 0.6) is 0 Å². The fourth-order valence-electron chi connectivity index (χ4n) is 2.19. The number of carbonyl (C=O) groups excluding carboxylic acids is 1. The Hall–Kier alpha value is -3.21. The second-order valence-corrected chi connectivity index (χ2v) is 4.72. The van der Waals surface area contributed by atoms with E-state index in [1.807, 2.05) is 30.3 Å². The third kappa shape index (κ3) is 2.64. The molecular formula is C17H12N2O3. The molecule has 0 aliphatic carbocycles. The van der Waals surface area contributed by atoms with Crippen LogP contribution < -0.4 is 5.32 Å². The predicted molar refractivity (Wildman–Crippen MR) is 83.1 cm³/mol. The zero-order chi connectivity index (χ0) is 15.5. The highest BCUT2D eigenvalue weighted by Crippen LogP contribution is 2.17. The van der Waals surface area contributed by atoms with Crippen LogP contribution in [0.2, 0.25) is 0 Å². The molecule has 22 heavy (non-hydrogen) atoms. The van der Waals surface area contributed by atoms with Crippen LogP contribution in [0.25, 0.3) is 10.8 Å². The van der Waals surface area contributed by atoms with Gasteiger partial charge in [-0.05, 0) is 35.0 Å². The van der Waals surface area contributed by atoms with Gasteiger partial charge in [0.1, 0.15) is 11.4 Å². The first-order valence-corrected chi connectivity index (χ1v) is 6.63. The topological polar surface area (TPSA) is 79.3 Å². The molecular weight excluding hydrogens is 280 g/mol. The molecule has 0 aliphatic rings. The van der Waals surface area contributed by atoms with Crippen molar-refractivity contribution >= 4 is 28.5 Å². The average Bonchev–Trinajstić information content (AvgIpc) is 2.54. The van der Waals surface area contributed by atoms with E-state index in [4.69, 9.17) is 5.11 Å². The third-order valence-corrected chi connectivity index (χ3v) is 3.28. The van der Waals surface area contributed by atoms with Crippen LogP contribution in [-0.4, -0.2) is 22.0 Å². The fourth-order valence-corrected chi connectivity index (χ4v) is 2.19. The lowest BCUT2D eigenvalue weighted by Gasteiger charge is -2.08. The highest BCUT2D eigenvalue weighted by molar-refractivity contribution is 6.08. The molecule has 5 heteroatoms. The van der Waals surface area contributed by atoms with Gasteiger partial charge in [-0.25, -0.2) is 9.78 Å². The molecule has 0 unspecified atom stereocenters. The predicted octanol–water partition coefficient (Wildman–Crippen LogP) is 3.19. The van der Waals surface area contributed by atoms with Crippen LogP contribution >= 0.6 is 0 Å². The molecule has 0 aliphatic heterocycles. The number of carboxylic acids is 1. The number of carboxylic acid groups (broad SMARTS) is 1. The molecule has 108 valence electrons. The summed E-state index contributed by atoms with van der Waals surface area (Å²) in [6, 6.07) is 15.9. The first-order chi connectivity index (χ1) is 10.6. The molecule has 2 aromatic carbocycles. The first-order valence-electron chi connectivity index (χ1n) is 6.63. The molecule has 1 aromatic heterocycles. The number of pyridine rings is 1. The number of benzene rings is 2. The molecule has 2 N–H and O–H groups in total. The molecule has 5 nitrogen and oxygen atoms in total. The van der Waals surface area contributed by atoms with E-state index in [-0.39, 0.29) is 11.4 Å². The van der Waals surface area contributed by atoms with E-state index in [1.54, 1.807) is 12.1 Å². The van der Waals surface area contributed by atoms with Crippen molar-refractivity contribution in [3.8, 4) is 0 Å². The van der Waals surface area contributed by atoms with Crippen LogP contribution in [0.3, 0.4) is 0 Å². The zero-order valence-electron chi connectivity index (χ0n) is 11.5. The minimum atomic E-state index is -1.14. The molecule has 0 radical (unpaired) electrons. The average molecular weight is 292 g/mol. The number of nitrogens with zero attached hydrogens (tertiary/aromatic N) is 1. The van der Waals surface area contributed by atoms with Gasteiger partial charge >= 0.3 is 5.97 Å². The van der Waals surface area contributed by atoms with E-state index in [0.29, 0.717) is 5.56 Å². The molecule has 1 heterocycles. The van der Waals surface area contributed by atoms with Gasteiger partial charge in [0.15, 0.2) is 0 Å². The maximum Gasteiger partial charge on any atom is 0.339 e. The Morgan fingerprint density at radius 2 is 1.73 bits per heavy atom. The maximum atomic E-state index is 12.3. The van der Waals surface area contributed by atoms with E-state index in [9.17, 15) is 9.59 Å². The normalized spacial score (nSPS) is 10.4. The number of aromatic nitrogens is 1. The standard InChI is InChI=1S/C17H12N2O3/c20-16(19-15-14(17(21)22)6-3-9-18-15)13-8-7-11-4-1-2-5-12(11)10-13/h1-10H,(H,21,22)(H,18,19,20). The lowest BCUT2D eigenvalue weighted by Crippen LogP contribution is -2.16. The monoisotopic (exact) mass is 292 g/mol. The summed E-state index contributed by atoms with van der Waals surface area (Å²) in [6.45, 7) is 0. The number of rotatable bonds is 3. The lowest BCUT2D eigenvalue weighted by atomic mass is 10.1. The molecule has 0 bridgehead atoms. The van der Waals surface area contributed by atoms with Gasteiger partial charge in [-0.15, -0.1) is 0 Å².